The number of nitriles is 1. The molecule has 1 saturated heterocycles. The fraction of sp³-hybridized carbons (Fsp3) is 0.250. The van der Waals surface area contributed by atoms with Crippen LogP contribution in [0.5, 0.6) is 0 Å². The molecule has 0 N–H and O–H groups in total. The highest BCUT2D eigenvalue weighted by Gasteiger charge is 2.23. The highest BCUT2D eigenvalue weighted by Crippen LogP contribution is 2.44. The Bertz CT molecular complexity index is 692. The molecule has 3 nitrogen and oxygen atoms in total. The third-order valence-electron chi connectivity index (χ3n) is 4.19. The van der Waals surface area contributed by atoms with Crippen LogP contribution in [0, 0.1) is 11.3 Å². The van der Waals surface area contributed by atoms with Crippen molar-refractivity contribution in [1.82, 2.24) is 4.90 Å². The van der Waals surface area contributed by atoms with Crippen LogP contribution in [0.4, 0.5) is 0 Å². The van der Waals surface area contributed by atoms with Crippen LogP contribution < -0.4 is 10.6 Å². The topological polar surface area (TPSA) is 36.3 Å². The van der Waals surface area contributed by atoms with Crippen LogP contribution in [0.3, 0.4) is 0 Å². The second-order valence-corrected chi connectivity index (χ2v) is 7.80. The first-order valence-electron chi connectivity index (χ1n) is 8.15. The molecular weight excluding hydrogens is 315 g/mol. The van der Waals surface area contributed by atoms with E-state index in [1.807, 2.05) is 36.4 Å². The Balaban J connectivity index is 2.08. The predicted octanol–water partition coefficient (Wildman–Crippen LogP) is 3.21. The van der Waals surface area contributed by atoms with Gasteiger partial charge in [0.15, 0.2) is 0 Å². The third-order valence-corrected chi connectivity index (χ3v) is 6.69. The smallest absolute Gasteiger partial charge is 0.102 e. The number of nitrogens with zero attached hydrogens (tertiary/aromatic N) is 2. The molecule has 24 heavy (non-hydrogen) atoms. The summed E-state index contributed by atoms with van der Waals surface area (Å²) < 4.78 is 5.45. The normalized spacial score (nSPS) is 15.8. The van der Waals surface area contributed by atoms with Gasteiger partial charge < -0.3 is 9.64 Å². The van der Waals surface area contributed by atoms with Gasteiger partial charge in [0.25, 0.3) is 0 Å². The number of hydrogen-bond acceptors (Lipinski definition) is 3. The minimum atomic E-state index is -0.843. The summed E-state index contributed by atoms with van der Waals surface area (Å²) >= 11 is 0. The average molecular weight is 336 g/mol. The Hall–Kier alpha value is -2.14. The van der Waals surface area contributed by atoms with E-state index in [1.165, 1.54) is 10.6 Å². The van der Waals surface area contributed by atoms with Gasteiger partial charge >= 0.3 is 0 Å². The Morgan fingerprint density at radius 1 is 0.958 bits per heavy atom. The molecule has 4 heteroatoms. The molecule has 0 unspecified atom stereocenters. The lowest BCUT2D eigenvalue weighted by molar-refractivity contribution is 0.0536. The van der Waals surface area contributed by atoms with Gasteiger partial charge in [0.05, 0.1) is 18.5 Å². The Morgan fingerprint density at radius 3 is 1.92 bits per heavy atom. The number of ether oxygens (including phenoxy) is 1. The summed E-state index contributed by atoms with van der Waals surface area (Å²) in [4.78, 5) is 2.28. The molecule has 0 spiro atoms. The fourth-order valence-corrected chi connectivity index (χ4v) is 5.22. The zero-order chi connectivity index (χ0) is 16.8. The molecule has 0 aromatic heterocycles. The van der Waals surface area contributed by atoms with E-state index in [-0.39, 0.29) is 0 Å². The summed E-state index contributed by atoms with van der Waals surface area (Å²) in [6, 6.07) is 23.3. The van der Waals surface area contributed by atoms with Crippen molar-refractivity contribution >= 4 is 18.5 Å². The first kappa shape index (κ1) is 16.7. The van der Waals surface area contributed by atoms with Crippen LogP contribution >= 0.6 is 7.92 Å². The summed E-state index contributed by atoms with van der Waals surface area (Å²) in [5.41, 5.74) is 1.08. The van der Waals surface area contributed by atoms with Crippen molar-refractivity contribution in [3.8, 4) is 6.07 Å². The molecule has 1 fully saturated rings. The molecule has 0 radical (unpaired) electrons. The van der Waals surface area contributed by atoms with Crippen LogP contribution in [0.2, 0.25) is 0 Å². The summed E-state index contributed by atoms with van der Waals surface area (Å²) in [5, 5.41) is 13.3. The third kappa shape index (κ3) is 3.67. The minimum absolute atomic E-state index is 0.727. The molecule has 2 aromatic carbocycles. The Labute approximate surface area is 144 Å². The maximum atomic E-state index is 9.97. The molecule has 1 heterocycles. The summed E-state index contributed by atoms with van der Waals surface area (Å²) in [6.45, 7) is 5.23. The number of morpholine rings is 1. The van der Waals surface area contributed by atoms with Gasteiger partial charge in [0.1, 0.15) is 6.07 Å². The van der Waals surface area contributed by atoms with Crippen LogP contribution in [0.1, 0.15) is 6.92 Å². The van der Waals surface area contributed by atoms with E-state index in [1.54, 1.807) is 0 Å². The van der Waals surface area contributed by atoms with Gasteiger partial charge in [-0.1, -0.05) is 60.7 Å². The van der Waals surface area contributed by atoms with Crippen molar-refractivity contribution in [2.75, 3.05) is 26.3 Å². The molecule has 2 aromatic rings. The first-order valence-corrected chi connectivity index (χ1v) is 9.49. The molecule has 1 aliphatic rings. The lowest BCUT2D eigenvalue weighted by atomic mass is 10.3. The molecular formula is C20H21N2OP. The Kier molecular flexibility index (Phi) is 5.64. The van der Waals surface area contributed by atoms with Gasteiger partial charge in [-0.05, 0) is 25.5 Å². The number of allylic oxidation sites excluding steroid dienone is 2. The van der Waals surface area contributed by atoms with Crippen molar-refractivity contribution < 1.29 is 4.74 Å². The molecule has 0 amide bonds. The van der Waals surface area contributed by atoms with Gasteiger partial charge in [-0.25, -0.2) is 0 Å². The van der Waals surface area contributed by atoms with Gasteiger partial charge in [-0.3, -0.25) is 0 Å². The van der Waals surface area contributed by atoms with Crippen LogP contribution in [-0.4, -0.2) is 31.2 Å². The van der Waals surface area contributed by atoms with Crippen LogP contribution in [0.25, 0.3) is 0 Å². The van der Waals surface area contributed by atoms with Gasteiger partial charge in [-0.15, -0.1) is 0 Å². The highest BCUT2D eigenvalue weighted by atomic mass is 31.1. The van der Waals surface area contributed by atoms with E-state index in [0.29, 0.717) is 0 Å². The maximum Gasteiger partial charge on any atom is 0.102 e. The second-order valence-electron chi connectivity index (χ2n) is 5.65. The monoisotopic (exact) mass is 336 g/mol. The van der Waals surface area contributed by atoms with E-state index >= 15 is 0 Å². The molecule has 3 rings (SSSR count). The van der Waals surface area contributed by atoms with E-state index in [9.17, 15) is 5.26 Å². The Morgan fingerprint density at radius 2 is 1.46 bits per heavy atom. The summed E-state index contributed by atoms with van der Waals surface area (Å²) in [6.07, 6.45) is 0. The van der Waals surface area contributed by atoms with Crippen LogP contribution in [-0.2, 0) is 4.74 Å². The quantitative estimate of drug-likeness (QED) is 0.635. The lowest BCUT2D eigenvalue weighted by Crippen LogP contribution is -2.35. The van der Waals surface area contributed by atoms with E-state index in [4.69, 9.17) is 4.74 Å². The SMILES string of the molecule is C/C(=C(/C#N)P(c1ccccc1)c1ccccc1)N1CCOCC1. The maximum absolute atomic E-state index is 9.97. The highest BCUT2D eigenvalue weighted by molar-refractivity contribution is 7.77. The van der Waals surface area contributed by atoms with Gasteiger partial charge in [-0.2, -0.15) is 5.26 Å². The van der Waals surface area contributed by atoms with Crippen molar-refractivity contribution in [2.24, 2.45) is 0 Å². The van der Waals surface area contributed by atoms with Gasteiger partial charge in [0.2, 0.25) is 0 Å². The molecule has 0 aliphatic carbocycles. The second kappa shape index (κ2) is 8.11. The van der Waals surface area contributed by atoms with Crippen LogP contribution in [0.15, 0.2) is 71.7 Å². The number of hydrogen-bond donors (Lipinski definition) is 0. The van der Waals surface area contributed by atoms with E-state index in [0.717, 1.165) is 37.3 Å². The molecule has 1 aliphatic heterocycles. The zero-order valence-electron chi connectivity index (χ0n) is 13.9. The van der Waals surface area contributed by atoms with E-state index in [2.05, 4.69) is 42.2 Å². The minimum Gasteiger partial charge on any atom is -0.378 e. The number of rotatable bonds is 4. The first-order chi connectivity index (χ1) is 11.8. The van der Waals surface area contributed by atoms with Crippen molar-refractivity contribution in [3.05, 3.63) is 71.7 Å². The predicted molar refractivity (Wildman–Crippen MR) is 99.8 cm³/mol. The van der Waals surface area contributed by atoms with Crippen molar-refractivity contribution in [2.45, 2.75) is 6.92 Å². The standard InChI is InChI=1S/C20H21N2OP/c1-17(22-12-14-23-15-13-22)20(16-21)24(18-8-4-2-5-9-18)19-10-6-3-7-11-19/h2-11H,12-15H2,1H3/b20-17+. The zero-order valence-corrected chi connectivity index (χ0v) is 14.7. The van der Waals surface area contributed by atoms with Crippen molar-refractivity contribution in [1.29, 1.82) is 5.26 Å². The largest absolute Gasteiger partial charge is 0.378 e. The van der Waals surface area contributed by atoms with Crippen molar-refractivity contribution in [3.63, 3.8) is 0 Å². The van der Waals surface area contributed by atoms with E-state index < -0.39 is 7.92 Å². The molecule has 0 bridgehead atoms. The summed E-state index contributed by atoms with van der Waals surface area (Å²) in [5.74, 6) is 0. The molecule has 122 valence electrons. The molecule has 0 saturated carbocycles. The van der Waals surface area contributed by atoms with Gasteiger partial charge in [0, 0.05) is 18.8 Å². The summed E-state index contributed by atoms with van der Waals surface area (Å²) in [7, 11) is -0.843. The lowest BCUT2D eigenvalue weighted by Gasteiger charge is -2.31. The average Bonchev–Trinajstić information content (AvgIpc) is 2.67. The molecule has 0 atom stereocenters. The number of benzene rings is 2. The fourth-order valence-electron chi connectivity index (χ4n) is 2.90.